The first-order valence-corrected chi connectivity index (χ1v) is 10.7. The fraction of sp³-hybridized carbons (Fsp3) is 0.417. The van der Waals surface area contributed by atoms with Crippen molar-refractivity contribution in [1.29, 1.82) is 0 Å². The molecule has 2 aromatic carbocycles. The lowest BCUT2D eigenvalue weighted by molar-refractivity contribution is -0.383. The molecular weight excluding hydrogens is 394 g/mol. The first-order valence-electron chi connectivity index (χ1n) is 10.7. The molecule has 1 aliphatic rings. The van der Waals surface area contributed by atoms with Crippen LogP contribution in [-0.2, 0) is 21.4 Å². The first kappa shape index (κ1) is 22.5. The number of nitrogens with one attached hydrogen (secondary N) is 1. The molecule has 0 unspecified atom stereocenters. The number of amides is 2. The summed E-state index contributed by atoms with van der Waals surface area (Å²) in [6.45, 7) is 6.26. The predicted molar refractivity (Wildman–Crippen MR) is 121 cm³/mol. The largest absolute Gasteiger partial charge is 0.320 e. The van der Waals surface area contributed by atoms with Crippen molar-refractivity contribution in [3.8, 4) is 0 Å². The lowest BCUT2D eigenvalue weighted by Crippen LogP contribution is -2.36. The van der Waals surface area contributed by atoms with Crippen LogP contribution < -0.4 is 10.2 Å². The van der Waals surface area contributed by atoms with Gasteiger partial charge in [-0.05, 0) is 43.9 Å². The summed E-state index contributed by atoms with van der Waals surface area (Å²) in [6.07, 6.45) is 3.59. The summed E-state index contributed by atoms with van der Waals surface area (Å²) in [5.74, 6) is -0.366. The SMILES string of the molecule is CCCCCN1C(=O)C(C)(C)c2cc(NC(=O)CCc3ccccc3)c([N+](=O)[O-])cc21. The number of carbonyl (C=O) groups excluding carboxylic acids is 2. The summed E-state index contributed by atoms with van der Waals surface area (Å²) in [6, 6.07) is 12.6. The molecular formula is C24H29N3O4. The van der Waals surface area contributed by atoms with Crippen LogP contribution in [0.4, 0.5) is 17.1 Å². The van der Waals surface area contributed by atoms with Gasteiger partial charge in [-0.1, -0.05) is 50.1 Å². The highest BCUT2D eigenvalue weighted by atomic mass is 16.6. The van der Waals surface area contributed by atoms with Gasteiger partial charge in [0.15, 0.2) is 0 Å². The average Bonchev–Trinajstić information content (AvgIpc) is 2.93. The molecule has 1 N–H and O–H groups in total. The summed E-state index contributed by atoms with van der Waals surface area (Å²) in [5.41, 5.74) is 1.43. The molecule has 164 valence electrons. The van der Waals surface area contributed by atoms with Gasteiger partial charge < -0.3 is 10.2 Å². The van der Waals surface area contributed by atoms with Gasteiger partial charge in [0, 0.05) is 19.0 Å². The van der Waals surface area contributed by atoms with E-state index in [0.29, 0.717) is 24.2 Å². The van der Waals surface area contributed by atoms with Crippen LogP contribution >= 0.6 is 0 Å². The highest BCUT2D eigenvalue weighted by molar-refractivity contribution is 6.09. The molecule has 1 heterocycles. The van der Waals surface area contributed by atoms with Gasteiger partial charge in [-0.2, -0.15) is 0 Å². The van der Waals surface area contributed by atoms with E-state index >= 15 is 0 Å². The summed E-state index contributed by atoms with van der Waals surface area (Å²) in [4.78, 5) is 38.4. The summed E-state index contributed by atoms with van der Waals surface area (Å²) in [7, 11) is 0. The van der Waals surface area contributed by atoms with Gasteiger partial charge >= 0.3 is 0 Å². The molecule has 0 aromatic heterocycles. The van der Waals surface area contributed by atoms with Crippen molar-refractivity contribution in [2.24, 2.45) is 0 Å². The number of nitrogens with zero attached hydrogens (tertiary/aromatic N) is 2. The van der Waals surface area contributed by atoms with Crippen LogP contribution in [0.1, 0.15) is 57.6 Å². The quantitative estimate of drug-likeness (QED) is 0.350. The number of fused-ring (bicyclic) bond motifs is 1. The number of carbonyl (C=O) groups is 2. The van der Waals surface area contributed by atoms with E-state index in [0.717, 1.165) is 24.8 Å². The second-order valence-corrected chi connectivity index (χ2v) is 8.47. The molecule has 0 aliphatic carbocycles. The Morgan fingerprint density at radius 2 is 1.87 bits per heavy atom. The molecule has 31 heavy (non-hydrogen) atoms. The number of hydrogen-bond acceptors (Lipinski definition) is 4. The van der Waals surface area contributed by atoms with Crippen LogP contribution in [0.25, 0.3) is 0 Å². The highest BCUT2D eigenvalue weighted by Crippen LogP contribution is 2.46. The zero-order valence-corrected chi connectivity index (χ0v) is 18.3. The molecule has 0 bridgehead atoms. The average molecular weight is 424 g/mol. The van der Waals surface area contributed by atoms with E-state index in [4.69, 9.17) is 0 Å². The van der Waals surface area contributed by atoms with Gasteiger partial charge in [0.05, 0.1) is 16.0 Å². The zero-order chi connectivity index (χ0) is 22.6. The van der Waals surface area contributed by atoms with Crippen molar-refractivity contribution >= 4 is 28.9 Å². The van der Waals surface area contributed by atoms with Crippen LogP contribution in [0.3, 0.4) is 0 Å². The minimum Gasteiger partial charge on any atom is -0.320 e. The van der Waals surface area contributed by atoms with Gasteiger partial charge in [-0.15, -0.1) is 0 Å². The van der Waals surface area contributed by atoms with E-state index in [1.807, 2.05) is 44.2 Å². The van der Waals surface area contributed by atoms with Gasteiger partial charge in [0.25, 0.3) is 5.69 Å². The predicted octanol–water partition coefficient (Wildman–Crippen LogP) is 4.98. The Morgan fingerprint density at radius 3 is 2.52 bits per heavy atom. The number of hydrogen-bond donors (Lipinski definition) is 1. The number of benzene rings is 2. The lowest BCUT2D eigenvalue weighted by atomic mass is 9.85. The number of nitro benzene ring substituents is 1. The third-order valence-corrected chi connectivity index (χ3v) is 5.80. The number of rotatable bonds is 9. The van der Waals surface area contributed by atoms with E-state index in [2.05, 4.69) is 12.2 Å². The Kier molecular flexibility index (Phi) is 6.73. The van der Waals surface area contributed by atoms with Crippen molar-refractivity contribution in [3.63, 3.8) is 0 Å². The Labute approximate surface area is 182 Å². The van der Waals surface area contributed by atoms with Crippen molar-refractivity contribution in [2.45, 2.75) is 58.3 Å². The fourth-order valence-electron chi connectivity index (χ4n) is 3.97. The monoisotopic (exact) mass is 423 g/mol. The Hall–Kier alpha value is -3.22. The van der Waals surface area contributed by atoms with Gasteiger partial charge in [-0.25, -0.2) is 0 Å². The number of unbranched alkanes of at least 4 members (excludes halogenated alkanes) is 2. The lowest BCUT2D eigenvalue weighted by Gasteiger charge is -2.20. The third-order valence-electron chi connectivity index (χ3n) is 5.80. The number of anilines is 2. The van der Waals surface area contributed by atoms with Crippen LogP contribution in [0.5, 0.6) is 0 Å². The van der Waals surface area contributed by atoms with Crippen molar-refractivity contribution in [2.75, 3.05) is 16.8 Å². The maximum Gasteiger partial charge on any atom is 0.294 e. The molecule has 1 aliphatic heterocycles. The van der Waals surface area contributed by atoms with Gasteiger partial charge in [-0.3, -0.25) is 19.7 Å². The van der Waals surface area contributed by atoms with Crippen LogP contribution in [-0.4, -0.2) is 23.3 Å². The van der Waals surface area contributed by atoms with E-state index in [1.54, 1.807) is 11.0 Å². The van der Waals surface area contributed by atoms with E-state index in [1.165, 1.54) is 6.07 Å². The Bertz CT molecular complexity index is 986. The topological polar surface area (TPSA) is 92.6 Å². The van der Waals surface area contributed by atoms with Crippen molar-refractivity contribution < 1.29 is 14.5 Å². The van der Waals surface area contributed by atoms with Gasteiger partial charge in [0.2, 0.25) is 11.8 Å². The zero-order valence-electron chi connectivity index (χ0n) is 18.3. The molecule has 0 fully saturated rings. The van der Waals surface area contributed by atoms with Crippen molar-refractivity contribution in [3.05, 3.63) is 63.7 Å². The molecule has 0 radical (unpaired) electrons. The van der Waals surface area contributed by atoms with E-state index in [-0.39, 0.29) is 29.6 Å². The van der Waals surface area contributed by atoms with Crippen LogP contribution in [0.15, 0.2) is 42.5 Å². The first-order chi connectivity index (χ1) is 14.8. The minimum absolute atomic E-state index is 0.0690. The standard InChI is InChI=1S/C24H29N3O4/c1-4-5-9-14-26-20-16-21(27(30)31)19(15-18(20)24(2,3)23(26)29)25-22(28)13-12-17-10-7-6-8-11-17/h6-8,10-11,15-16H,4-5,9,12-14H2,1-3H3,(H,25,28). The third kappa shape index (κ3) is 4.76. The molecule has 0 atom stereocenters. The molecule has 2 aromatic rings. The van der Waals surface area contributed by atoms with Crippen LogP contribution in [0.2, 0.25) is 0 Å². The van der Waals surface area contributed by atoms with E-state index in [9.17, 15) is 19.7 Å². The van der Waals surface area contributed by atoms with E-state index < -0.39 is 10.3 Å². The summed E-state index contributed by atoms with van der Waals surface area (Å²) >= 11 is 0. The van der Waals surface area contributed by atoms with Crippen LogP contribution in [0, 0.1) is 10.1 Å². The normalized spacial score (nSPS) is 14.4. The highest BCUT2D eigenvalue weighted by Gasteiger charge is 2.45. The molecule has 0 saturated heterocycles. The summed E-state index contributed by atoms with van der Waals surface area (Å²) in [5, 5.41) is 14.4. The Balaban J connectivity index is 1.86. The second-order valence-electron chi connectivity index (χ2n) is 8.47. The van der Waals surface area contributed by atoms with Crippen molar-refractivity contribution in [1.82, 2.24) is 0 Å². The smallest absolute Gasteiger partial charge is 0.294 e. The summed E-state index contributed by atoms with van der Waals surface area (Å²) < 4.78 is 0. The molecule has 2 amide bonds. The molecule has 0 saturated carbocycles. The number of aryl methyl sites for hydroxylation is 1. The number of nitro groups is 1. The maximum atomic E-state index is 13.0. The molecule has 0 spiro atoms. The molecule has 7 nitrogen and oxygen atoms in total. The minimum atomic E-state index is -0.805. The maximum absolute atomic E-state index is 13.0. The molecule has 7 heteroatoms. The molecule has 3 rings (SSSR count). The Morgan fingerprint density at radius 1 is 1.16 bits per heavy atom. The van der Waals surface area contributed by atoms with Gasteiger partial charge in [0.1, 0.15) is 5.69 Å². The fourth-order valence-corrected chi connectivity index (χ4v) is 3.97. The second kappa shape index (κ2) is 9.29.